The topological polar surface area (TPSA) is 53.1 Å². The van der Waals surface area contributed by atoms with E-state index in [1.165, 1.54) is 4.90 Å². The highest BCUT2D eigenvalue weighted by atomic mass is 16.5. The zero-order valence-corrected chi connectivity index (χ0v) is 13.0. The van der Waals surface area contributed by atoms with E-state index in [0.29, 0.717) is 11.4 Å². The number of benzene rings is 1. The lowest BCUT2D eigenvalue weighted by atomic mass is 10.2. The molecule has 3 rings (SSSR count). The van der Waals surface area contributed by atoms with E-state index in [1.807, 2.05) is 12.1 Å². The average Bonchev–Trinajstić information content (AvgIpc) is 2.83. The van der Waals surface area contributed by atoms with Crippen molar-refractivity contribution < 1.29 is 14.3 Å². The lowest BCUT2D eigenvalue weighted by Gasteiger charge is -2.35. The standard InChI is InChI=1S/C16H21N3O3/c1-17-7-9-18(10-8-17)13-11-15(20)19(16(13)21)12-5-3-4-6-14(12)22-2/h3-6,13H,7-11H2,1-2H3/t13-/m1/s1. The first-order valence-electron chi connectivity index (χ1n) is 7.54. The summed E-state index contributed by atoms with van der Waals surface area (Å²) in [5.74, 6) is 0.251. The highest BCUT2D eigenvalue weighted by Gasteiger charge is 2.43. The maximum atomic E-state index is 12.8. The Morgan fingerprint density at radius 3 is 2.45 bits per heavy atom. The van der Waals surface area contributed by atoms with Gasteiger partial charge in [-0.1, -0.05) is 12.1 Å². The van der Waals surface area contributed by atoms with Crippen LogP contribution in [-0.4, -0.2) is 68.0 Å². The maximum absolute atomic E-state index is 12.8. The molecule has 0 N–H and O–H groups in total. The van der Waals surface area contributed by atoms with Crippen LogP contribution >= 0.6 is 0 Å². The van der Waals surface area contributed by atoms with Crippen LogP contribution in [0.5, 0.6) is 5.75 Å². The number of hydrogen-bond acceptors (Lipinski definition) is 5. The number of imide groups is 1. The van der Waals surface area contributed by atoms with Crippen LogP contribution in [-0.2, 0) is 9.59 Å². The predicted molar refractivity (Wildman–Crippen MR) is 83.0 cm³/mol. The highest BCUT2D eigenvalue weighted by Crippen LogP contribution is 2.33. The van der Waals surface area contributed by atoms with E-state index >= 15 is 0 Å². The molecule has 0 unspecified atom stereocenters. The van der Waals surface area contributed by atoms with Gasteiger partial charge >= 0.3 is 0 Å². The van der Waals surface area contributed by atoms with Gasteiger partial charge in [-0.15, -0.1) is 0 Å². The molecule has 0 radical (unpaired) electrons. The normalized spacial score (nSPS) is 24.1. The number of carbonyl (C=O) groups is 2. The molecule has 22 heavy (non-hydrogen) atoms. The van der Waals surface area contributed by atoms with Crippen molar-refractivity contribution in [3.05, 3.63) is 24.3 Å². The van der Waals surface area contributed by atoms with Crippen LogP contribution in [0.2, 0.25) is 0 Å². The number of nitrogens with zero attached hydrogens (tertiary/aromatic N) is 3. The number of amides is 2. The SMILES string of the molecule is COc1ccccc1N1C(=O)C[C@@H](N2CCN(C)CC2)C1=O. The fourth-order valence-electron chi connectivity index (χ4n) is 3.10. The van der Waals surface area contributed by atoms with Crippen LogP contribution in [0, 0.1) is 0 Å². The van der Waals surface area contributed by atoms with Gasteiger partial charge in [0.1, 0.15) is 5.75 Å². The third-order valence-electron chi connectivity index (χ3n) is 4.43. The van der Waals surface area contributed by atoms with Crippen molar-refractivity contribution >= 4 is 17.5 Å². The van der Waals surface area contributed by atoms with Gasteiger partial charge in [0.25, 0.3) is 5.91 Å². The molecule has 0 spiro atoms. The molecular formula is C16H21N3O3. The molecule has 0 aromatic heterocycles. The van der Waals surface area contributed by atoms with Gasteiger partial charge in [-0.25, -0.2) is 4.90 Å². The molecule has 1 aromatic rings. The van der Waals surface area contributed by atoms with Crippen molar-refractivity contribution in [3.63, 3.8) is 0 Å². The Bertz CT molecular complexity index is 582. The van der Waals surface area contributed by atoms with Gasteiger partial charge in [0.2, 0.25) is 5.91 Å². The summed E-state index contributed by atoms with van der Waals surface area (Å²) in [6, 6.07) is 6.80. The van der Waals surface area contributed by atoms with E-state index in [2.05, 4.69) is 16.8 Å². The fourth-order valence-corrected chi connectivity index (χ4v) is 3.10. The molecule has 2 aliphatic rings. The van der Waals surface area contributed by atoms with Crippen molar-refractivity contribution in [1.29, 1.82) is 0 Å². The number of likely N-dealkylation sites (N-methyl/N-ethyl adjacent to an activating group) is 1. The molecule has 2 saturated heterocycles. The molecule has 1 atom stereocenters. The lowest BCUT2D eigenvalue weighted by molar-refractivity contribution is -0.123. The van der Waals surface area contributed by atoms with Crippen LogP contribution in [0.1, 0.15) is 6.42 Å². The van der Waals surface area contributed by atoms with Gasteiger partial charge < -0.3 is 9.64 Å². The Morgan fingerprint density at radius 1 is 1.09 bits per heavy atom. The van der Waals surface area contributed by atoms with Gasteiger partial charge in [-0.3, -0.25) is 14.5 Å². The molecule has 0 bridgehead atoms. The third kappa shape index (κ3) is 2.60. The number of piperazine rings is 1. The molecule has 6 nitrogen and oxygen atoms in total. The van der Waals surface area contributed by atoms with Gasteiger partial charge in [0.15, 0.2) is 0 Å². The van der Waals surface area contributed by atoms with Crippen LogP contribution in [0.15, 0.2) is 24.3 Å². The molecule has 118 valence electrons. The van der Waals surface area contributed by atoms with Crippen LogP contribution in [0.25, 0.3) is 0 Å². The number of methoxy groups -OCH3 is 1. The summed E-state index contributed by atoms with van der Waals surface area (Å²) in [4.78, 5) is 30.8. The molecule has 0 saturated carbocycles. The van der Waals surface area contributed by atoms with Crippen LogP contribution in [0.3, 0.4) is 0 Å². The molecule has 6 heteroatoms. The summed E-state index contributed by atoms with van der Waals surface area (Å²) < 4.78 is 5.28. The van der Waals surface area contributed by atoms with Gasteiger partial charge in [0, 0.05) is 26.2 Å². The number of anilines is 1. The van der Waals surface area contributed by atoms with E-state index in [1.54, 1.807) is 19.2 Å². The fraction of sp³-hybridized carbons (Fsp3) is 0.500. The smallest absolute Gasteiger partial charge is 0.251 e. The Hall–Kier alpha value is -1.92. The first-order valence-corrected chi connectivity index (χ1v) is 7.54. The summed E-state index contributed by atoms with van der Waals surface area (Å²) in [5, 5.41) is 0. The molecule has 2 amide bonds. The van der Waals surface area contributed by atoms with Crippen LogP contribution < -0.4 is 9.64 Å². The van der Waals surface area contributed by atoms with E-state index in [4.69, 9.17) is 4.74 Å². The monoisotopic (exact) mass is 303 g/mol. The summed E-state index contributed by atoms with van der Waals surface area (Å²) >= 11 is 0. The zero-order chi connectivity index (χ0) is 15.7. The van der Waals surface area contributed by atoms with Crippen molar-refractivity contribution in [3.8, 4) is 5.75 Å². The molecular weight excluding hydrogens is 282 g/mol. The van der Waals surface area contributed by atoms with E-state index in [0.717, 1.165) is 26.2 Å². The van der Waals surface area contributed by atoms with Gasteiger partial charge in [-0.05, 0) is 19.2 Å². The van der Waals surface area contributed by atoms with E-state index < -0.39 is 0 Å². The minimum atomic E-state index is -0.342. The molecule has 0 aliphatic carbocycles. The number of para-hydroxylation sites is 2. The predicted octanol–water partition coefficient (Wildman–Crippen LogP) is 0.574. The number of hydrogen-bond donors (Lipinski definition) is 0. The van der Waals surface area contributed by atoms with E-state index in [9.17, 15) is 9.59 Å². The largest absolute Gasteiger partial charge is 0.495 e. The second-order valence-corrected chi connectivity index (χ2v) is 5.80. The number of carbonyl (C=O) groups excluding carboxylic acids is 2. The van der Waals surface area contributed by atoms with Gasteiger partial charge in [0.05, 0.1) is 25.3 Å². The highest BCUT2D eigenvalue weighted by molar-refractivity contribution is 6.23. The lowest BCUT2D eigenvalue weighted by Crippen LogP contribution is -2.51. The Kier molecular flexibility index (Phi) is 4.13. The quantitative estimate of drug-likeness (QED) is 0.764. The summed E-state index contributed by atoms with van der Waals surface area (Å²) in [6.45, 7) is 3.49. The van der Waals surface area contributed by atoms with Crippen molar-refractivity contribution in [2.24, 2.45) is 0 Å². The minimum Gasteiger partial charge on any atom is -0.495 e. The third-order valence-corrected chi connectivity index (χ3v) is 4.43. The van der Waals surface area contributed by atoms with Gasteiger partial charge in [-0.2, -0.15) is 0 Å². The maximum Gasteiger partial charge on any atom is 0.251 e. The average molecular weight is 303 g/mol. The van der Waals surface area contributed by atoms with E-state index in [-0.39, 0.29) is 24.3 Å². The molecule has 2 aliphatic heterocycles. The van der Waals surface area contributed by atoms with Crippen molar-refractivity contribution in [1.82, 2.24) is 9.80 Å². The summed E-state index contributed by atoms with van der Waals surface area (Å²) in [7, 11) is 3.61. The first kappa shape index (κ1) is 15.0. The second kappa shape index (κ2) is 6.06. The number of ether oxygens (including phenoxy) is 1. The summed E-state index contributed by atoms with van der Waals surface area (Å²) in [5.41, 5.74) is 0.539. The van der Waals surface area contributed by atoms with Crippen molar-refractivity contribution in [2.45, 2.75) is 12.5 Å². The summed E-state index contributed by atoms with van der Waals surface area (Å²) in [6.07, 6.45) is 0.251. The number of rotatable bonds is 3. The zero-order valence-electron chi connectivity index (χ0n) is 13.0. The van der Waals surface area contributed by atoms with Crippen molar-refractivity contribution in [2.75, 3.05) is 45.2 Å². The molecule has 2 heterocycles. The second-order valence-electron chi connectivity index (χ2n) is 5.80. The molecule has 2 fully saturated rings. The first-order chi connectivity index (χ1) is 10.6. The Balaban J connectivity index is 1.82. The Labute approximate surface area is 130 Å². The molecule has 1 aromatic carbocycles. The Morgan fingerprint density at radius 2 is 1.77 bits per heavy atom. The van der Waals surface area contributed by atoms with Crippen LogP contribution in [0.4, 0.5) is 5.69 Å². The minimum absolute atomic E-state index is 0.140.